The van der Waals surface area contributed by atoms with E-state index in [9.17, 15) is 13.2 Å². The molecule has 0 unspecified atom stereocenters. The molecule has 0 spiro atoms. The second kappa shape index (κ2) is 8.11. The van der Waals surface area contributed by atoms with Crippen LogP contribution in [0.15, 0.2) is 30.5 Å². The van der Waals surface area contributed by atoms with Crippen LogP contribution in [0.25, 0.3) is 0 Å². The quantitative estimate of drug-likeness (QED) is 0.665. The molecule has 4 N–H and O–H groups in total. The number of primary amides is 1. The minimum atomic E-state index is -3.11. The number of hydrogen-bond acceptors (Lipinski definition) is 7. The molecule has 2 aromatic rings. The van der Waals surface area contributed by atoms with Crippen molar-refractivity contribution in [1.29, 1.82) is 0 Å². The lowest BCUT2D eigenvalue weighted by atomic mass is 9.90. The van der Waals surface area contributed by atoms with Crippen molar-refractivity contribution in [3.8, 4) is 0 Å². The van der Waals surface area contributed by atoms with Crippen LogP contribution in [-0.4, -0.2) is 55.0 Å². The van der Waals surface area contributed by atoms with Crippen LogP contribution in [0.4, 0.5) is 17.5 Å². The maximum absolute atomic E-state index is 11.6. The maximum Gasteiger partial charge on any atom is 0.254 e. The van der Waals surface area contributed by atoms with Gasteiger partial charge in [-0.2, -0.15) is 4.98 Å². The molecule has 1 saturated heterocycles. The number of aromatic nitrogens is 2. The van der Waals surface area contributed by atoms with Gasteiger partial charge in [-0.1, -0.05) is 12.1 Å². The van der Waals surface area contributed by atoms with Crippen LogP contribution in [0.1, 0.15) is 34.7 Å². The van der Waals surface area contributed by atoms with Crippen LogP contribution in [0, 0.1) is 0 Å². The van der Waals surface area contributed by atoms with Crippen LogP contribution in [0.5, 0.6) is 0 Å². The number of nitrogens with zero attached hydrogens (tertiary/aromatic N) is 3. The highest BCUT2D eigenvalue weighted by molar-refractivity contribution is 7.88. The first kappa shape index (κ1) is 20.0. The predicted octanol–water partition coefficient (Wildman–Crippen LogP) is 1.50. The number of rotatable bonds is 6. The Hall–Kier alpha value is -2.72. The fraction of sp³-hybridized carbons (Fsp3) is 0.389. The third kappa shape index (κ3) is 4.57. The molecule has 0 aliphatic carbocycles. The van der Waals surface area contributed by atoms with Gasteiger partial charge in [0.1, 0.15) is 5.82 Å². The average molecular weight is 404 g/mol. The van der Waals surface area contributed by atoms with E-state index in [1.807, 2.05) is 24.3 Å². The van der Waals surface area contributed by atoms with Gasteiger partial charge in [0.25, 0.3) is 5.91 Å². The first-order chi connectivity index (χ1) is 13.3. The second-order valence-corrected chi connectivity index (χ2v) is 8.74. The zero-order chi connectivity index (χ0) is 20.3. The van der Waals surface area contributed by atoms with Crippen molar-refractivity contribution < 1.29 is 13.2 Å². The Balaban J connectivity index is 1.66. The van der Waals surface area contributed by atoms with Gasteiger partial charge in [0, 0.05) is 32.0 Å². The van der Waals surface area contributed by atoms with E-state index >= 15 is 0 Å². The van der Waals surface area contributed by atoms with Gasteiger partial charge in [-0.15, -0.1) is 0 Å². The van der Waals surface area contributed by atoms with Crippen LogP contribution in [0.2, 0.25) is 0 Å². The summed E-state index contributed by atoms with van der Waals surface area (Å²) in [6, 6.07) is 7.92. The van der Waals surface area contributed by atoms with Gasteiger partial charge in [-0.25, -0.2) is 17.7 Å². The van der Waals surface area contributed by atoms with Gasteiger partial charge < -0.3 is 16.4 Å². The highest BCUT2D eigenvalue weighted by atomic mass is 32.2. The number of nitrogens with one attached hydrogen (secondary N) is 2. The first-order valence-corrected chi connectivity index (χ1v) is 10.8. The standard InChI is InChI=1S/C18H24N6O3S/c1-20-17-15(16(19)25)11-21-18(23-17)22-14-5-3-12(4-6-14)13-7-9-24(10-8-13)28(2,26)27/h3-6,11,13H,7-10H2,1-2H3,(H2,19,25)(H2,20,21,22,23). The largest absolute Gasteiger partial charge is 0.372 e. The third-order valence-electron chi connectivity index (χ3n) is 4.85. The molecule has 150 valence electrons. The van der Waals surface area contributed by atoms with E-state index in [1.165, 1.54) is 22.3 Å². The molecule has 1 aliphatic rings. The topological polar surface area (TPSA) is 130 Å². The summed E-state index contributed by atoms with van der Waals surface area (Å²) in [4.78, 5) is 19.7. The number of piperidine rings is 1. The number of hydrogen-bond donors (Lipinski definition) is 3. The van der Waals surface area contributed by atoms with Crippen LogP contribution in [-0.2, 0) is 10.0 Å². The van der Waals surface area contributed by atoms with Crippen LogP contribution in [0.3, 0.4) is 0 Å². The summed E-state index contributed by atoms with van der Waals surface area (Å²) in [7, 11) is -1.46. The lowest BCUT2D eigenvalue weighted by Gasteiger charge is -2.30. The average Bonchev–Trinajstić information content (AvgIpc) is 2.67. The molecule has 3 rings (SSSR count). The summed E-state index contributed by atoms with van der Waals surface area (Å²) in [6.45, 7) is 1.10. The molecule has 9 nitrogen and oxygen atoms in total. The van der Waals surface area contributed by atoms with E-state index in [0.717, 1.165) is 18.5 Å². The summed E-state index contributed by atoms with van der Waals surface area (Å²) >= 11 is 0. The smallest absolute Gasteiger partial charge is 0.254 e. The Kier molecular flexibility index (Phi) is 5.80. The van der Waals surface area contributed by atoms with E-state index in [-0.39, 0.29) is 5.56 Å². The molecule has 1 aliphatic heterocycles. The number of carbonyl (C=O) groups is 1. The highest BCUT2D eigenvalue weighted by Crippen LogP contribution is 2.30. The molecule has 10 heteroatoms. The first-order valence-electron chi connectivity index (χ1n) is 8.94. The van der Waals surface area contributed by atoms with E-state index in [2.05, 4.69) is 20.6 Å². The molecule has 28 heavy (non-hydrogen) atoms. The Bertz CT molecular complexity index is 954. The van der Waals surface area contributed by atoms with Gasteiger partial charge >= 0.3 is 0 Å². The van der Waals surface area contributed by atoms with E-state index < -0.39 is 15.9 Å². The number of anilines is 3. The molecule has 1 aromatic carbocycles. The number of nitrogens with two attached hydrogens (primary N) is 1. The normalized spacial score (nSPS) is 15.9. The van der Waals surface area contributed by atoms with E-state index in [1.54, 1.807) is 7.05 Å². The molecule has 0 saturated carbocycles. The minimum absolute atomic E-state index is 0.226. The second-order valence-electron chi connectivity index (χ2n) is 6.75. The van der Waals surface area contributed by atoms with Crippen molar-refractivity contribution in [3.05, 3.63) is 41.6 Å². The van der Waals surface area contributed by atoms with Crippen molar-refractivity contribution in [2.45, 2.75) is 18.8 Å². The molecule has 0 atom stereocenters. The fourth-order valence-corrected chi connectivity index (χ4v) is 4.18. The molecule has 2 heterocycles. The molecule has 1 fully saturated rings. The van der Waals surface area contributed by atoms with Gasteiger partial charge in [0.15, 0.2) is 0 Å². The van der Waals surface area contributed by atoms with Crippen molar-refractivity contribution in [2.24, 2.45) is 5.73 Å². The van der Waals surface area contributed by atoms with Gasteiger partial charge in [-0.05, 0) is 36.5 Å². The molecule has 0 bridgehead atoms. The summed E-state index contributed by atoms with van der Waals surface area (Å²) < 4.78 is 24.8. The fourth-order valence-electron chi connectivity index (χ4n) is 3.30. The number of benzene rings is 1. The SMILES string of the molecule is CNc1nc(Nc2ccc(C3CCN(S(C)(=O)=O)CC3)cc2)ncc1C(N)=O. The molecule has 1 amide bonds. The minimum Gasteiger partial charge on any atom is -0.372 e. The van der Waals surface area contributed by atoms with E-state index in [0.29, 0.717) is 30.8 Å². The van der Waals surface area contributed by atoms with Gasteiger partial charge in [-0.3, -0.25) is 4.79 Å². The molecular weight excluding hydrogens is 380 g/mol. The Labute approximate surface area is 164 Å². The third-order valence-corrected chi connectivity index (χ3v) is 6.16. The lowest BCUT2D eigenvalue weighted by molar-refractivity contribution is 0.100. The number of sulfonamides is 1. The van der Waals surface area contributed by atoms with Crippen LogP contribution < -0.4 is 16.4 Å². The van der Waals surface area contributed by atoms with E-state index in [4.69, 9.17) is 5.73 Å². The van der Waals surface area contributed by atoms with Crippen molar-refractivity contribution >= 4 is 33.4 Å². The predicted molar refractivity (Wildman–Crippen MR) is 108 cm³/mol. The molecule has 1 aromatic heterocycles. The highest BCUT2D eigenvalue weighted by Gasteiger charge is 2.25. The Morgan fingerprint density at radius 3 is 2.39 bits per heavy atom. The molecule has 0 radical (unpaired) electrons. The summed E-state index contributed by atoms with van der Waals surface area (Å²) in [6.07, 6.45) is 4.25. The summed E-state index contributed by atoms with van der Waals surface area (Å²) in [5.74, 6) is 0.457. The monoisotopic (exact) mass is 404 g/mol. The maximum atomic E-state index is 11.6. The zero-order valence-corrected chi connectivity index (χ0v) is 16.7. The number of amides is 1. The Morgan fingerprint density at radius 1 is 1.21 bits per heavy atom. The van der Waals surface area contributed by atoms with Crippen molar-refractivity contribution in [2.75, 3.05) is 37.0 Å². The van der Waals surface area contributed by atoms with Crippen LogP contribution >= 0.6 is 0 Å². The van der Waals surface area contributed by atoms with Crippen molar-refractivity contribution in [3.63, 3.8) is 0 Å². The van der Waals surface area contributed by atoms with Gasteiger partial charge in [0.2, 0.25) is 16.0 Å². The molecular formula is C18H24N6O3S. The summed E-state index contributed by atoms with van der Waals surface area (Å²) in [5.41, 5.74) is 7.51. The number of carbonyl (C=O) groups excluding carboxylic acids is 1. The Morgan fingerprint density at radius 2 is 1.86 bits per heavy atom. The lowest BCUT2D eigenvalue weighted by Crippen LogP contribution is -2.37. The van der Waals surface area contributed by atoms with Gasteiger partial charge in [0.05, 0.1) is 11.8 Å². The summed E-state index contributed by atoms with van der Waals surface area (Å²) in [5, 5.41) is 5.93. The van der Waals surface area contributed by atoms with Crippen molar-refractivity contribution in [1.82, 2.24) is 14.3 Å². The zero-order valence-electron chi connectivity index (χ0n) is 15.8.